The summed E-state index contributed by atoms with van der Waals surface area (Å²) in [4.78, 5) is 0. The molecule has 0 aliphatic heterocycles. The van der Waals surface area contributed by atoms with E-state index in [4.69, 9.17) is 0 Å². The molecule has 21 heavy (non-hydrogen) atoms. The average molecular weight is 316 g/mol. The first-order valence-electron chi connectivity index (χ1n) is 9.94. The van der Waals surface area contributed by atoms with Gasteiger partial charge in [0.1, 0.15) is 0 Å². The van der Waals surface area contributed by atoms with Crippen molar-refractivity contribution in [3.05, 3.63) is 0 Å². The second-order valence-electron chi connectivity index (χ2n) is 7.57. The molecule has 0 heterocycles. The molecule has 0 spiro atoms. The van der Waals surface area contributed by atoms with Crippen LogP contribution in [0.1, 0.15) is 104 Å². The fourth-order valence-corrected chi connectivity index (χ4v) is 4.29. The highest BCUT2D eigenvalue weighted by molar-refractivity contribution is 7.74. The monoisotopic (exact) mass is 315 g/mol. The van der Waals surface area contributed by atoms with Crippen molar-refractivity contribution in [1.82, 2.24) is 0 Å². The van der Waals surface area contributed by atoms with Crippen molar-refractivity contribution >= 4 is 7.26 Å². The van der Waals surface area contributed by atoms with Crippen LogP contribution in [0.2, 0.25) is 0 Å². The number of hydrogen-bond donors (Lipinski definition) is 0. The van der Waals surface area contributed by atoms with E-state index in [-0.39, 0.29) is 0 Å². The van der Waals surface area contributed by atoms with Crippen molar-refractivity contribution < 1.29 is 0 Å². The first-order valence-corrected chi connectivity index (χ1v) is 13.0. The molecule has 1 heteroatoms. The average Bonchev–Trinajstić information content (AvgIpc) is 2.47. The van der Waals surface area contributed by atoms with Crippen LogP contribution in [0, 0.1) is 0 Å². The lowest BCUT2D eigenvalue weighted by atomic mass is 10.0. The Morgan fingerprint density at radius 3 is 1.14 bits per heavy atom. The fraction of sp³-hybridized carbons (Fsp3) is 1.00. The molecule has 0 bridgehead atoms. The van der Waals surface area contributed by atoms with E-state index in [1.165, 1.54) is 102 Å². The molecule has 0 aliphatic rings. The quantitative estimate of drug-likeness (QED) is 0.201. The van der Waals surface area contributed by atoms with E-state index >= 15 is 0 Å². The summed E-state index contributed by atoms with van der Waals surface area (Å²) < 4.78 is 0. The second kappa shape index (κ2) is 15.3. The molecule has 0 atom stereocenters. The molecule has 0 aliphatic carbocycles. The molecule has 0 amide bonds. The number of hydrogen-bond acceptors (Lipinski definition) is 0. The first-order chi connectivity index (χ1) is 10.1. The van der Waals surface area contributed by atoms with Gasteiger partial charge in [-0.25, -0.2) is 0 Å². The minimum atomic E-state index is -0.508. The molecule has 0 aromatic carbocycles. The minimum absolute atomic E-state index is 0.508. The molecular weight excluding hydrogens is 271 g/mol. The van der Waals surface area contributed by atoms with Crippen LogP contribution in [-0.2, 0) is 0 Å². The molecule has 0 rings (SSSR count). The Morgan fingerprint density at radius 2 is 0.810 bits per heavy atom. The van der Waals surface area contributed by atoms with Gasteiger partial charge in [-0.05, 0) is 19.8 Å². The van der Waals surface area contributed by atoms with Crippen molar-refractivity contribution in [3.8, 4) is 0 Å². The molecule has 128 valence electrons. The Bertz CT molecular complexity index is 198. The Kier molecular flexibility index (Phi) is 15.6. The maximum absolute atomic E-state index is 2.52. The molecule has 0 fully saturated rings. The van der Waals surface area contributed by atoms with Crippen LogP contribution in [0.4, 0.5) is 0 Å². The Morgan fingerprint density at radius 1 is 0.476 bits per heavy atom. The van der Waals surface area contributed by atoms with Crippen LogP contribution >= 0.6 is 7.26 Å². The summed E-state index contributed by atoms with van der Waals surface area (Å²) in [7, 11) is -0.508. The molecule has 0 aromatic rings. The minimum Gasteiger partial charge on any atom is -0.0654 e. The van der Waals surface area contributed by atoms with Crippen LogP contribution in [0.15, 0.2) is 0 Å². The SMILES string of the molecule is CCCCCCCCCCCCCCCC[P+](C)(C)CC. The highest BCUT2D eigenvalue weighted by Gasteiger charge is 2.20. The van der Waals surface area contributed by atoms with E-state index in [1.807, 2.05) is 0 Å². The highest BCUT2D eigenvalue weighted by Crippen LogP contribution is 2.51. The zero-order valence-corrected chi connectivity index (χ0v) is 16.7. The van der Waals surface area contributed by atoms with E-state index in [1.54, 1.807) is 0 Å². The maximum Gasteiger partial charge on any atom is 0.0588 e. The summed E-state index contributed by atoms with van der Waals surface area (Å²) in [5, 5.41) is 0. The van der Waals surface area contributed by atoms with Crippen molar-refractivity contribution in [3.63, 3.8) is 0 Å². The molecule has 0 unspecified atom stereocenters. The van der Waals surface area contributed by atoms with Crippen molar-refractivity contribution in [1.29, 1.82) is 0 Å². The van der Waals surface area contributed by atoms with Gasteiger partial charge in [0.05, 0.1) is 12.3 Å². The second-order valence-corrected chi connectivity index (χ2v) is 12.5. The predicted octanol–water partition coefficient (Wildman–Crippen LogP) is 7.76. The standard InChI is InChI=1S/C20H44P/c1-5-7-8-9-10-11-12-13-14-15-16-17-18-19-20-21(3,4)6-2/h5-20H2,1-4H3/q+1. The van der Waals surface area contributed by atoms with E-state index in [9.17, 15) is 0 Å². The van der Waals surface area contributed by atoms with Gasteiger partial charge in [-0.1, -0.05) is 84.0 Å². The van der Waals surface area contributed by atoms with E-state index in [0.29, 0.717) is 0 Å². The van der Waals surface area contributed by atoms with Gasteiger partial charge < -0.3 is 0 Å². The third kappa shape index (κ3) is 16.6. The fourth-order valence-electron chi connectivity index (χ4n) is 2.89. The normalized spacial score (nSPS) is 12.0. The Hall–Kier alpha value is 0.430. The van der Waals surface area contributed by atoms with Crippen LogP contribution < -0.4 is 0 Å². The Labute approximate surface area is 137 Å². The summed E-state index contributed by atoms with van der Waals surface area (Å²) in [6, 6.07) is 0. The highest BCUT2D eigenvalue weighted by atomic mass is 31.2. The first kappa shape index (κ1) is 21.4. The lowest BCUT2D eigenvalue weighted by Crippen LogP contribution is -1.97. The van der Waals surface area contributed by atoms with E-state index in [0.717, 1.165) is 0 Å². The summed E-state index contributed by atoms with van der Waals surface area (Å²) >= 11 is 0. The number of unbranched alkanes of at least 4 members (excludes halogenated alkanes) is 13. The van der Waals surface area contributed by atoms with Gasteiger partial charge in [0.2, 0.25) is 0 Å². The van der Waals surface area contributed by atoms with Gasteiger partial charge in [-0.2, -0.15) is 0 Å². The molecule has 0 aromatic heterocycles. The van der Waals surface area contributed by atoms with Crippen molar-refractivity contribution in [2.24, 2.45) is 0 Å². The molecular formula is C20H44P+. The van der Waals surface area contributed by atoms with E-state index in [2.05, 4.69) is 27.2 Å². The van der Waals surface area contributed by atoms with Gasteiger partial charge in [0.25, 0.3) is 0 Å². The lowest BCUT2D eigenvalue weighted by molar-refractivity contribution is 0.538. The predicted molar refractivity (Wildman–Crippen MR) is 104 cm³/mol. The van der Waals surface area contributed by atoms with Crippen LogP contribution in [0.3, 0.4) is 0 Å². The molecule has 0 saturated carbocycles. The molecule has 0 saturated heterocycles. The summed E-state index contributed by atoms with van der Waals surface area (Å²) in [6.07, 6.45) is 23.6. The summed E-state index contributed by atoms with van der Waals surface area (Å²) in [6.45, 7) is 9.72. The lowest BCUT2D eigenvalue weighted by Gasteiger charge is -2.15. The topological polar surface area (TPSA) is 0 Å². The van der Waals surface area contributed by atoms with Crippen molar-refractivity contribution in [2.45, 2.75) is 104 Å². The zero-order valence-electron chi connectivity index (χ0n) is 15.8. The largest absolute Gasteiger partial charge is 0.0654 e. The maximum atomic E-state index is 2.52. The number of rotatable bonds is 16. The zero-order chi connectivity index (χ0) is 15.8. The van der Waals surface area contributed by atoms with Gasteiger partial charge in [0.15, 0.2) is 0 Å². The molecule has 0 radical (unpaired) electrons. The van der Waals surface area contributed by atoms with E-state index < -0.39 is 7.26 Å². The van der Waals surface area contributed by atoms with Crippen molar-refractivity contribution in [2.75, 3.05) is 25.7 Å². The molecule has 0 nitrogen and oxygen atoms in total. The van der Waals surface area contributed by atoms with Crippen LogP contribution in [-0.4, -0.2) is 25.7 Å². The van der Waals surface area contributed by atoms with Gasteiger partial charge in [-0.15, -0.1) is 0 Å². The third-order valence-electron chi connectivity index (χ3n) is 4.97. The third-order valence-corrected chi connectivity index (χ3v) is 8.21. The van der Waals surface area contributed by atoms with Gasteiger partial charge >= 0.3 is 0 Å². The van der Waals surface area contributed by atoms with Crippen LogP contribution in [0.5, 0.6) is 0 Å². The summed E-state index contributed by atoms with van der Waals surface area (Å²) in [5.41, 5.74) is 0. The Balaban J connectivity index is 3.06. The van der Waals surface area contributed by atoms with Gasteiger partial charge in [-0.3, -0.25) is 0 Å². The molecule has 0 N–H and O–H groups in total. The smallest absolute Gasteiger partial charge is 0.0588 e. The van der Waals surface area contributed by atoms with Gasteiger partial charge in [0, 0.05) is 20.6 Å². The summed E-state index contributed by atoms with van der Waals surface area (Å²) in [5.74, 6) is 0. The van der Waals surface area contributed by atoms with Crippen LogP contribution in [0.25, 0.3) is 0 Å².